The monoisotopic (exact) mass is 237 g/mol. The van der Waals surface area contributed by atoms with E-state index in [-0.39, 0.29) is 29.6 Å². The van der Waals surface area contributed by atoms with Crippen LogP contribution in [0, 0.1) is 11.7 Å². The molecule has 3 nitrogen and oxygen atoms in total. The number of carbonyl (C=O) groups is 1. The van der Waals surface area contributed by atoms with Gasteiger partial charge in [-0.1, -0.05) is 6.07 Å². The molecule has 0 bridgehead atoms. The number of benzene rings is 1. The maximum Gasteiger partial charge on any atom is 0.175 e. The Hall–Kier alpha value is -1.42. The summed E-state index contributed by atoms with van der Waals surface area (Å²) >= 11 is 0. The second-order valence-electron chi connectivity index (χ2n) is 4.45. The molecule has 1 aliphatic rings. The van der Waals surface area contributed by atoms with Crippen molar-refractivity contribution in [1.29, 1.82) is 0 Å². The predicted octanol–water partition coefficient (Wildman–Crippen LogP) is 2.14. The topological polar surface area (TPSA) is 52.3 Å². The normalized spacial score (nSPS) is 16.6. The number of methoxy groups -OCH3 is 1. The first-order valence-electron chi connectivity index (χ1n) is 5.74. The van der Waals surface area contributed by atoms with Gasteiger partial charge in [-0.2, -0.15) is 0 Å². The van der Waals surface area contributed by atoms with Crippen LogP contribution in [0.1, 0.15) is 29.6 Å². The van der Waals surface area contributed by atoms with E-state index in [1.54, 1.807) is 6.07 Å². The van der Waals surface area contributed by atoms with Crippen molar-refractivity contribution in [1.82, 2.24) is 0 Å². The average molecular weight is 237 g/mol. The van der Waals surface area contributed by atoms with Gasteiger partial charge in [-0.25, -0.2) is 4.39 Å². The molecule has 0 aromatic heterocycles. The van der Waals surface area contributed by atoms with Crippen molar-refractivity contribution in [2.45, 2.75) is 25.3 Å². The predicted molar refractivity (Wildman–Crippen MR) is 62.6 cm³/mol. The lowest BCUT2D eigenvalue weighted by Gasteiger charge is -2.10. The summed E-state index contributed by atoms with van der Waals surface area (Å²) in [5, 5.41) is 0. The van der Waals surface area contributed by atoms with Gasteiger partial charge in [-0.15, -0.1) is 0 Å². The molecule has 2 N–H and O–H groups in total. The summed E-state index contributed by atoms with van der Waals surface area (Å²) in [5.74, 6) is -0.313. The van der Waals surface area contributed by atoms with E-state index in [0.717, 1.165) is 12.8 Å². The molecule has 92 valence electrons. The van der Waals surface area contributed by atoms with Crippen molar-refractivity contribution in [3.8, 4) is 5.75 Å². The number of hydrogen-bond donors (Lipinski definition) is 1. The molecule has 0 amide bonds. The number of carbonyl (C=O) groups excluding carboxylic acids is 1. The molecule has 0 aliphatic heterocycles. The van der Waals surface area contributed by atoms with Crippen LogP contribution in [0.15, 0.2) is 18.2 Å². The van der Waals surface area contributed by atoms with E-state index in [9.17, 15) is 9.18 Å². The third-order valence-electron chi connectivity index (χ3n) is 3.13. The van der Waals surface area contributed by atoms with Gasteiger partial charge in [0.05, 0.1) is 12.7 Å². The summed E-state index contributed by atoms with van der Waals surface area (Å²) in [6, 6.07) is 4.43. The molecule has 1 aromatic rings. The zero-order valence-electron chi connectivity index (χ0n) is 9.78. The van der Waals surface area contributed by atoms with E-state index >= 15 is 0 Å². The first-order valence-corrected chi connectivity index (χ1v) is 5.74. The number of rotatable bonds is 5. The minimum Gasteiger partial charge on any atom is -0.494 e. The number of halogens is 1. The number of ether oxygens (including phenoxy) is 1. The van der Waals surface area contributed by atoms with Gasteiger partial charge in [0.25, 0.3) is 0 Å². The molecule has 1 aliphatic carbocycles. The summed E-state index contributed by atoms with van der Waals surface area (Å²) in [6.45, 7) is 0. The van der Waals surface area contributed by atoms with Gasteiger partial charge in [0, 0.05) is 12.5 Å². The van der Waals surface area contributed by atoms with Crippen molar-refractivity contribution >= 4 is 5.78 Å². The quantitative estimate of drug-likeness (QED) is 0.798. The molecule has 0 heterocycles. The Kier molecular flexibility index (Phi) is 3.43. The first-order chi connectivity index (χ1) is 8.13. The Balaban J connectivity index is 2.12. The number of nitrogens with two attached hydrogens (primary N) is 1. The highest BCUT2D eigenvalue weighted by molar-refractivity contribution is 5.97. The third-order valence-corrected chi connectivity index (χ3v) is 3.13. The zero-order chi connectivity index (χ0) is 12.4. The molecule has 0 radical (unpaired) electrons. The van der Waals surface area contributed by atoms with Crippen molar-refractivity contribution in [2.75, 3.05) is 7.11 Å². The minimum atomic E-state index is -0.594. The number of Topliss-reactive ketones (excluding diaryl/α,β-unsaturated/α-hetero) is 1. The van der Waals surface area contributed by atoms with E-state index < -0.39 is 5.82 Å². The van der Waals surface area contributed by atoms with Crippen molar-refractivity contribution in [3.63, 3.8) is 0 Å². The fraction of sp³-hybridized carbons (Fsp3) is 0.462. The maximum absolute atomic E-state index is 13.8. The average Bonchev–Trinajstić information content (AvgIpc) is 3.12. The standard InChI is InChI=1S/C13H16FNO2/c1-17-12-4-2-3-9(13(12)14)11(16)7-10(15)8-5-6-8/h2-4,8,10H,5-7,15H2,1H3. The first kappa shape index (κ1) is 12.0. The molecule has 4 heteroatoms. The van der Waals surface area contributed by atoms with Crippen molar-refractivity contribution in [2.24, 2.45) is 11.7 Å². The van der Waals surface area contributed by atoms with Gasteiger partial charge in [0.1, 0.15) is 0 Å². The lowest BCUT2D eigenvalue weighted by Crippen LogP contribution is -2.26. The molecule has 1 atom stereocenters. The van der Waals surface area contributed by atoms with Crippen LogP contribution in [-0.4, -0.2) is 18.9 Å². The van der Waals surface area contributed by atoms with Crippen LogP contribution in [0.3, 0.4) is 0 Å². The van der Waals surface area contributed by atoms with Gasteiger partial charge in [0.2, 0.25) is 0 Å². The van der Waals surface area contributed by atoms with Crippen LogP contribution in [-0.2, 0) is 0 Å². The third kappa shape index (κ3) is 2.64. The smallest absolute Gasteiger partial charge is 0.175 e. The fourth-order valence-corrected chi connectivity index (χ4v) is 1.90. The molecule has 0 saturated heterocycles. The highest BCUT2D eigenvalue weighted by atomic mass is 19.1. The van der Waals surface area contributed by atoms with Crippen molar-refractivity contribution in [3.05, 3.63) is 29.6 Å². The SMILES string of the molecule is COc1cccc(C(=O)CC(N)C2CC2)c1F. The number of hydrogen-bond acceptors (Lipinski definition) is 3. The molecule has 1 unspecified atom stereocenters. The van der Waals surface area contributed by atoms with E-state index in [1.165, 1.54) is 19.2 Å². The van der Waals surface area contributed by atoms with Crippen LogP contribution in [0.5, 0.6) is 5.75 Å². The Morgan fingerprint density at radius 3 is 2.88 bits per heavy atom. The molecule has 17 heavy (non-hydrogen) atoms. The van der Waals surface area contributed by atoms with Gasteiger partial charge in [-0.3, -0.25) is 4.79 Å². The fourth-order valence-electron chi connectivity index (χ4n) is 1.90. The number of ketones is 1. The van der Waals surface area contributed by atoms with E-state index in [2.05, 4.69) is 0 Å². The Morgan fingerprint density at radius 2 is 2.29 bits per heavy atom. The second-order valence-corrected chi connectivity index (χ2v) is 4.45. The molecule has 1 fully saturated rings. The lowest BCUT2D eigenvalue weighted by atomic mass is 10.0. The Labute approximate surface area is 99.8 Å². The van der Waals surface area contributed by atoms with E-state index in [0.29, 0.717) is 5.92 Å². The van der Waals surface area contributed by atoms with Crippen LogP contribution in [0.25, 0.3) is 0 Å². The minimum absolute atomic E-state index is 0.0699. The van der Waals surface area contributed by atoms with E-state index in [1.807, 2.05) is 0 Å². The van der Waals surface area contributed by atoms with Gasteiger partial charge in [-0.05, 0) is 30.9 Å². The van der Waals surface area contributed by atoms with Crippen LogP contribution in [0.4, 0.5) is 4.39 Å². The summed E-state index contributed by atoms with van der Waals surface area (Å²) in [7, 11) is 1.38. The van der Waals surface area contributed by atoms with Gasteiger partial charge < -0.3 is 10.5 Å². The molecule has 1 aromatic carbocycles. The zero-order valence-corrected chi connectivity index (χ0v) is 9.78. The summed E-state index contributed by atoms with van der Waals surface area (Å²) < 4.78 is 18.6. The molecule has 1 saturated carbocycles. The molecular weight excluding hydrogens is 221 g/mol. The molecule has 2 rings (SSSR count). The second kappa shape index (κ2) is 4.84. The van der Waals surface area contributed by atoms with Crippen LogP contribution < -0.4 is 10.5 Å². The molecule has 0 spiro atoms. The highest BCUT2D eigenvalue weighted by Gasteiger charge is 2.30. The van der Waals surface area contributed by atoms with E-state index in [4.69, 9.17) is 10.5 Å². The molecular formula is C13H16FNO2. The Morgan fingerprint density at radius 1 is 1.59 bits per heavy atom. The van der Waals surface area contributed by atoms with Crippen LogP contribution in [0.2, 0.25) is 0 Å². The summed E-state index contributed by atoms with van der Waals surface area (Å²) in [4.78, 5) is 11.9. The Bertz CT molecular complexity index is 429. The summed E-state index contributed by atoms with van der Waals surface area (Å²) in [5.41, 5.74) is 5.93. The van der Waals surface area contributed by atoms with Gasteiger partial charge >= 0.3 is 0 Å². The highest BCUT2D eigenvalue weighted by Crippen LogP contribution is 2.33. The largest absolute Gasteiger partial charge is 0.494 e. The van der Waals surface area contributed by atoms with Gasteiger partial charge in [0.15, 0.2) is 17.3 Å². The van der Waals surface area contributed by atoms with Crippen molar-refractivity contribution < 1.29 is 13.9 Å². The van der Waals surface area contributed by atoms with Crippen LogP contribution >= 0.6 is 0 Å². The maximum atomic E-state index is 13.8. The summed E-state index contributed by atoms with van der Waals surface area (Å²) in [6.07, 6.45) is 2.36. The lowest BCUT2D eigenvalue weighted by molar-refractivity contribution is 0.0966.